The Labute approximate surface area is 219 Å². The Hall–Kier alpha value is -4.10. The molecule has 1 aliphatic rings. The van der Waals surface area contributed by atoms with Gasteiger partial charge in [-0.1, -0.05) is 41.9 Å². The lowest BCUT2D eigenvalue weighted by Crippen LogP contribution is -2.43. The van der Waals surface area contributed by atoms with Gasteiger partial charge in [-0.25, -0.2) is 4.79 Å². The molecule has 1 aliphatic heterocycles. The number of nitrogens with one attached hydrogen (secondary N) is 2. The number of methoxy groups -OCH3 is 1. The van der Waals surface area contributed by atoms with Crippen LogP contribution in [0.5, 0.6) is 0 Å². The first kappa shape index (κ1) is 24.6. The van der Waals surface area contributed by atoms with E-state index in [1.54, 1.807) is 30.3 Å². The SMILES string of the molecule is COC(=O)c1ccc(NC(=O)[C@@H]2CCCN(c3c(-c4ccccc4)c4cc(Cl)ccc4[nH]c3=O)C2)cc1. The molecule has 1 amide bonds. The fourth-order valence-electron chi connectivity index (χ4n) is 4.90. The van der Waals surface area contributed by atoms with Crippen molar-refractivity contribution in [2.75, 3.05) is 30.4 Å². The van der Waals surface area contributed by atoms with E-state index in [-0.39, 0.29) is 17.4 Å². The van der Waals surface area contributed by atoms with Gasteiger partial charge in [-0.05, 0) is 60.9 Å². The van der Waals surface area contributed by atoms with Crippen LogP contribution in [0.3, 0.4) is 0 Å². The fraction of sp³-hybridized carbons (Fsp3) is 0.207. The molecule has 1 aromatic heterocycles. The number of piperidine rings is 1. The molecule has 37 heavy (non-hydrogen) atoms. The van der Waals surface area contributed by atoms with Crippen LogP contribution < -0.4 is 15.8 Å². The average Bonchev–Trinajstić information content (AvgIpc) is 2.93. The number of pyridine rings is 1. The van der Waals surface area contributed by atoms with Gasteiger partial charge in [0.2, 0.25) is 5.91 Å². The van der Waals surface area contributed by atoms with Crippen molar-refractivity contribution in [1.82, 2.24) is 4.98 Å². The molecule has 1 atom stereocenters. The highest BCUT2D eigenvalue weighted by molar-refractivity contribution is 6.31. The smallest absolute Gasteiger partial charge is 0.337 e. The molecule has 8 heteroatoms. The van der Waals surface area contributed by atoms with Gasteiger partial charge < -0.3 is 19.9 Å². The minimum Gasteiger partial charge on any atom is -0.465 e. The van der Waals surface area contributed by atoms with Crippen LogP contribution >= 0.6 is 11.6 Å². The van der Waals surface area contributed by atoms with Gasteiger partial charge in [0, 0.05) is 40.3 Å². The summed E-state index contributed by atoms with van der Waals surface area (Å²) in [7, 11) is 1.32. The third-order valence-electron chi connectivity index (χ3n) is 6.70. The van der Waals surface area contributed by atoms with Crippen LogP contribution in [0.15, 0.2) is 77.6 Å². The normalized spacial score (nSPS) is 15.4. The van der Waals surface area contributed by atoms with Gasteiger partial charge in [-0.2, -0.15) is 0 Å². The summed E-state index contributed by atoms with van der Waals surface area (Å²) in [5.41, 5.74) is 3.77. The zero-order chi connectivity index (χ0) is 25.9. The van der Waals surface area contributed by atoms with Crippen LogP contribution in [-0.2, 0) is 9.53 Å². The molecule has 5 rings (SSSR count). The molecular weight excluding hydrogens is 490 g/mol. The van der Waals surface area contributed by atoms with Gasteiger partial charge in [-0.3, -0.25) is 9.59 Å². The number of aromatic amines is 1. The molecule has 1 saturated heterocycles. The Morgan fingerprint density at radius 3 is 2.54 bits per heavy atom. The Morgan fingerprint density at radius 2 is 1.81 bits per heavy atom. The highest BCUT2D eigenvalue weighted by Crippen LogP contribution is 2.37. The van der Waals surface area contributed by atoms with Crippen molar-refractivity contribution in [2.24, 2.45) is 5.92 Å². The number of aromatic nitrogens is 1. The topological polar surface area (TPSA) is 91.5 Å². The van der Waals surface area contributed by atoms with Crippen molar-refractivity contribution >= 4 is 45.8 Å². The molecule has 0 aliphatic carbocycles. The summed E-state index contributed by atoms with van der Waals surface area (Å²) in [5, 5.41) is 4.38. The molecule has 0 unspecified atom stereocenters. The number of esters is 1. The monoisotopic (exact) mass is 515 g/mol. The standard InChI is InChI=1S/C29H26ClN3O4/c1-37-29(36)19-9-12-22(13-10-19)31-27(34)20-8-5-15-33(17-20)26-25(18-6-3-2-4-7-18)23-16-21(30)11-14-24(23)32-28(26)35/h2-4,6-7,9-14,16,20H,5,8,15,17H2,1H3,(H,31,34)(H,32,35)/t20-/m1/s1. The van der Waals surface area contributed by atoms with E-state index in [1.165, 1.54) is 7.11 Å². The number of hydrogen-bond donors (Lipinski definition) is 2. The molecule has 2 N–H and O–H groups in total. The largest absolute Gasteiger partial charge is 0.465 e. The Kier molecular flexibility index (Phi) is 6.97. The Morgan fingerprint density at radius 1 is 1.05 bits per heavy atom. The summed E-state index contributed by atoms with van der Waals surface area (Å²) >= 11 is 6.35. The number of rotatable bonds is 5. The average molecular weight is 516 g/mol. The van der Waals surface area contributed by atoms with Crippen LogP contribution in [0.2, 0.25) is 5.02 Å². The molecule has 0 spiro atoms. The lowest BCUT2D eigenvalue weighted by atomic mass is 9.93. The predicted octanol–water partition coefficient (Wildman–Crippen LogP) is 5.49. The summed E-state index contributed by atoms with van der Waals surface area (Å²) in [6, 6.07) is 21.8. The summed E-state index contributed by atoms with van der Waals surface area (Å²) in [5.74, 6) is -0.874. The number of fused-ring (bicyclic) bond motifs is 1. The van der Waals surface area contributed by atoms with Gasteiger partial charge in [0.15, 0.2) is 0 Å². The van der Waals surface area contributed by atoms with Gasteiger partial charge in [0.05, 0.1) is 18.6 Å². The highest BCUT2D eigenvalue weighted by atomic mass is 35.5. The maximum absolute atomic E-state index is 13.4. The van der Waals surface area contributed by atoms with Crippen molar-refractivity contribution in [1.29, 1.82) is 0 Å². The second-order valence-electron chi connectivity index (χ2n) is 9.08. The second-order valence-corrected chi connectivity index (χ2v) is 9.51. The predicted molar refractivity (Wildman–Crippen MR) is 146 cm³/mol. The summed E-state index contributed by atoms with van der Waals surface area (Å²) in [6.45, 7) is 1.06. The van der Waals surface area contributed by atoms with Crippen molar-refractivity contribution in [3.8, 4) is 11.1 Å². The molecule has 3 aromatic carbocycles. The number of anilines is 2. The lowest BCUT2D eigenvalue weighted by Gasteiger charge is -2.34. The second kappa shape index (κ2) is 10.5. The zero-order valence-electron chi connectivity index (χ0n) is 20.3. The number of H-pyrrole nitrogens is 1. The number of nitrogens with zero attached hydrogens (tertiary/aromatic N) is 1. The number of benzene rings is 3. The molecule has 7 nitrogen and oxygen atoms in total. The van der Waals surface area contributed by atoms with Crippen LogP contribution in [-0.4, -0.2) is 37.1 Å². The van der Waals surface area contributed by atoms with E-state index in [4.69, 9.17) is 16.3 Å². The molecular formula is C29H26ClN3O4. The van der Waals surface area contributed by atoms with Crippen molar-refractivity contribution in [3.05, 3.63) is 93.7 Å². The molecule has 0 bridgehead atoms. The number of carbonyl (C=O) groups excluding carboxylic acids is 2. The number of hydrogen-bond acceptors (Lipinski definition) is 5. The first-order valence-corrected chi connectivity index (χ1v) is 12.5. The van der Waals surface area contributed by atoms with Gasteiger partial charge in [0.1, 0.15) is 5.69 Å². The quantitative estimate of drug-likeness (QED) is 0.343. The summed E-state index contributed by atoms with van der Waals surface area (Å²) in [4.78, 5) is 43.3. The van der Waals surface area contributed by atoms with E-state index >= 15 is 0 Å². The molecule has 1 fully saturated rings. The van der Waals surface area contributed by atoms with Crippen LogP contribution in [0.1, 0.15) is 23.2 Å². The molecule has 0 radical (unpaired) electrons. The Balaban J connectivity index is 1.46. The van der Waals surface area contributed by atoms with Crippen LogP contribution in [0.4, 0.5) is 11.4 Å². The first-order valence-electron chi connectivity index (χ1n) is 12.1. The van der Waals surface area contributed by atoms with Crippen molar-refractivity contribution in [3.63, 3.8) is 0 Å². The maximum Gasteiger partial charge on any atom is 0.337 e. The minimum absolute atomic E-state index is 0.128. The number of halogens is 1. The maximum atomic E-state index is 13.4. The Bertz CT molecular complexity index is 1520. The molecule has 2 heterocycles. The lowest BCUT2D eigenvalue weighted by molar-refractivity contribution is -0.120. The summed E-state index contributed by atoms with van der Waals surface area (Å²) in [6.07, 6.45) is 1.47. The third-order valence-corrected chi connectivity index (χ3v) is 6.93. The molecule has 4 aromatic rings. The zero-order valence-corrected chi connectivity index (χ0v) is 21.0. The number of carbonyl (C=O) groups is 2. The van der Waals surface area contributed by atoms with E-state index in [1.807, 2.05) is 47.4 Å². The van der Waals surface area contributed by atoms with Gasteiger partial charge >= 0.3 is 5.97 Å². The van der Waals surface area contributed by atoms with E-state index in [0.29, 0.717) is 47.0 Å². The number of amides is 1. The van der Waals surface area contributed by atoms with E-state index in [9.17, 15) is 14.4 Å². The third kappa shape index (κ3) is 5.08. The summed E-state index contributed by atoms with van der Waals surface area (Å²) < 4.78 is 4.72. The first-order chi connectivity index (χ1) is 17.9. The molecule has 0 saturated carbocycles. The van der Waals surface area contributed by atoms with E-state index in [0.717, 1.165) is 22.9 Å². The van der Waals surface area contributed by atoms with E-state index in [2.05, 4.69) is 10.3 Å². The van der Waals surface area contributed by atoms with E-state index < -0.39 is 5.97 Å². The fourth-order valence-corrected chi connectivity index (χ4v) is 5.07. The highest BCUT2D eigenvalue weighted by Gasteiger charge is 2.29. The van der Waals surface area contributed by atoms with Crippen molar-refractivity contribution in [2.45, 2.75) is 12.8 Å². The van der Waals surface area contributed by atoms with Crippen LogP contribution in [0.25, 0.3) is 22.0 Å². The van der Waals surface area contributed by atoms with Crippen molar-refractivity contribution < 1.29 is 14.3 Å². The van der Waals surface area contributed by atoms with Gasteiger partial charge in [0.25, 0.3) is 5.56 Å². The van der Waals surface area contributed by atoms with Crippen LogP contribution in [0, 0.1) is 5.92 Å². The number of ether oxygens (including phenoxy) is 1. The minimum atomic E-state index is -0.433. The molecule has 188 valence electrons. The van der Waals surface area contributed by atoms with Gasteiger partial charge in [-0.15, -0.1) is 0 Å².